The third-order valence-corrected chi connectivity index (χ3v) is 4.51. The summed E-state index contributed by atoms with van der Waals surface area (Å²) in [5.41, 5.74) is 1.74. The Morgan fingerprint density at radius 1 is 1.15 bits per heavy atom. The standard InChI is InChI=1S/C20H18N2O5/c23-19(18-11-26-16-7-3-4-8-17(16)27-18)22-15(20(24)25)9-12-10-21-14-6-2-1-5-13(12)14/h1-8,10,15,18,21H,9,11H2,(H,22,23)(H,24,25)/t15-,18+/m1/s1. The van der Waals surface area contributed by atoms with Crippen LogP contribution in [-0.4, -0.2) is 40.7 Å². The van der Waals surface area contributed by atoms with Gasteiger partial charge in [0.05, 0.1) is 0 Å². The van der Waals surface area contributed by atoms with Gasteiger partial charge in [-0.25, -0.2) is 4.79 Å². The van der Waals surface area contributed by atoms with Gasteiger partial charge in [-0.1, -0.05) is 30.3 Å². The van der Waals surface area contributed by atoms with Crippen molar-refractivity contribution in [3.63, 3.8) is 0 Å². The minimum absolute atomic E-state index is 0.0300. The molecule has 7 nitrogen and oxygen atoms in total. The van der Waals surface area contributed by atoms with E-state index in [4.69, 9.17) is 9.47 Å². The largest absolute Gasteiger partial charge is 0.485 e. The van der Waals surface area contributed by atoms with Crippen molar-refractivity contribution in [3.8, 4) is 11.5 Å². The third-order valence-electron chi connectivity index (χ3n) is 4.51. The predicted octanol–water partition coefficient (Wildman–Crippen LogP) is 2.12. The molecule has 4 rings (SSSR count). The van der Waals surface area contributed by atoms with E-state index in [-0.39, 0.29) is 13.0 Å². The minimum atomic E-state index is -1.11. The SMILES string of the molecule is O=C(N[C@H](Cc1c[nH]c2ccccc12)C(=O)O)[C@@H]1COc2ccccc2O1. The van der Waals surface area contributed by atoms with Gasteiger partial charge in [-0.05, 0) is 23.8 Å². The zero-order chi connectivity index (χ0) is 18.8. The summed E-state index contributed by atoms with van der Waals surface area (Å²) in [4.78, 5) is 27.3. The van der Waals surface area contributed by atoms with Crippen molar-refractivity contribution in [2.45, 2.75) is 18.6 Å². The summed E-state index contributed by atoms with van der Waals surface area (Å²) in [6, 6.07) is 13.6. The Hall–Kier alpha value is -3.48. The molecule has 1 aliphatic heterocycles. The summed E-state index contributed by atoms with van der Waals surface area (Å²) in [6.45, 7) is 0.0300. The first kappa shape index (κ1) is 17.0. The zero-order valence-corrected chi connectivity index (χ0v) is 14.3. The van der Waals surface area contributed by atoms with E-state index in [9.17, 15) is 14.7 Å². The highest BCUT2D eigenvalue weighted by Gasteiger charge is 2.31. The first-order valence-electron chi connectivity index (χ1n) is 8.58. The van der Waals surface area contributed by atoms with Crippen LogP contribution in [0.15, 0.2) is 54.7 Å². The highest BCUT2D eigenvalue weighted by atomic mass is 16.6. The Bertz CT molecular complexity index is 997. The summed E-state index contributed by atoms with van der Waals surface area (Å²) in [7, 11) is 0. The summed E-state index contributed by atoms with van der Waals surface area (Å²) < 4.78 is 11.2. The number of hydrogen-bond donors (Lipinski definition) is 3. The number of aromatic nitrogens is 1. The molecule has 3 N–H and O–H groups in total. The quantitative estimate of drug-likeness (QED) is 0.642. The first-order valence-corrected chi connectivity index (χ1v) is 8.58. The molecule has 1 amide bonds. The number of carboxylic acid groups (broad SMARTS) is 1. The number of ether oxygens (including phenoxy) is 2. The Kier molecular flexibility index (Phi) is 4.42. The topological polar surface area (TPSA) is 101 Å². The molecule has 0 fully saturated rings. The maximum Gasteiger partial charge on any atom is 0.326 e. The molecule has 3 aromatic rings. The summed E-state index contributed by atoms with van der Waals surface area (Å²) in [6.07, 6.45) is 1.03. The van der Waals surface area contributed by atoms with Gasteiger partial charge < -0.3 is 24.9 Å². The Morgan fingerprint density at radius 2 is 1.89 bits per heavy atom. The maximum absolute atomic E-state index is 12.5. The number of para-hydroxylation sites is 3. The third kappa shape index (κ3) is 3.44. The summed E-state index contributed by atoms with van der Waals surface area (Å²) in [5.74, 6) is -0.593. The van der Waals surface area contributed by atoms with Crippen LogP contribution in [0.1, 0.15) is 5.56 Å². The molecule has 2 atom stereocenters. The van der Waals surface area contributed by atoms with Crippen molar-refractivity contribution in [2.24, 2.45) is 0 Å². The van der Waals surface area contributed by atoms with Crippen LogP contribution < -0.4 is 14.8 Å². The van der Waals surface area contributed by atoms with Gasteiger partial charge in [0.25, 0.3) is 5.91 Å². The van der Waals surface area contributed by atoms with Crippen molar-refractivity contribution in [2.75, 3.05) is 6.61 Å². The Balaban J connectivity index is 1.47. The number of nitrogens with one attached hydrogen (secondary N) is 2. The van der Waals surface area contributed by atoms with Crippen LogP contribution in [-0.2, 0) is 16.0 Å². The number of benzene rings is 2. The zero-order valence-electron chi connectivity index (χ0n) is 14.3. The molecule has 0 saturated carbocycles. The monoisotopic (exact) mass is 366 g/mol. The second-order valence-electron chi connectivity index (χ2n) is 6.33. The van der Waals surface area contributed by atoms with Gasteiger partial charge in [0.2, 0.25) is 6.10 Å². The fourth-order valence-corrected chi connectivity index (χ4v) is 3.13. The fourth-order valence-electron chi connectivity index (χ4n) is 3.13. The van der Waals surface area contributed by atoms with Gasteiger partial charge in [0.1, 0.15) is 12.6 Å². The van der Waals surface area contributed by atoms with E-state index < -0.39 is 24.0 Å². The molecule has 7 heteroatoms. The van der Waals surface area contributed by atoms with E-state index in [1.54, 1.807) is 24.4 Å². The number of aromatic amines is 1. The molecule has 2 aromatic carbocycles. The van der Waals surface area contributed by atoms with Crippen LogP contribution in [0.2, 0.25) is 0 Å². The minimum Gasteiger partial charge on any atom is -0.485 e. The van der Waals surface area contributed by atoms with Crippen LogP contribution in [0.5, 0.6) is 11.5 Å². The number of amides is 1. The fraction of sp³-hybridized carbons (Fsp3) is 0.200. The second-order valence-corrected chi connectivity index (χ2v) is 6.33. The Labute approximate surface area is 154 Å². The van der Waals surface area contributed by atoms with E-state index in [1.165, 1.54) is 0 Å². The molecule has 1 aliphatic rings. The number of fused-ring (bicyclic) bond motifs is 2. The molecule has 0 aliphatic carbocycles. The lowest BCUT2D eigenvalue weighted by molar-refractivity contribution is -0.143. The Morgan fingerprint density at radius 3 is 2.70 bits per heavy atom. The molecular weight excluding hydrogens is 348 g/mol. The molecule has 0 radical (unpaired) electrons. The number of carbonyl (C=O) groups is 2. The van der Waals surface area contributed by atoms with Crippen LogP contribution in [0.25, 0.3) is 10.9 Å². The maximum atomic E-state index is 12.5. The number of carbonyl (C=O) groups excluding carboxylic acids is 1. The van der Waals surface area contributed by atoms with E-state index in [2.05, 4.69) is 10.3 Å². The lowest BCUT2D eigenvalue weighted by atomic mass is 10.0. The van der Waals surface area contributed by atoms with Gasteiger partial charge >= 0.3 is 5.97 Å². The van der Waals surface area contributed by atoms with E-state index in [1.807, 2.05) is 30.3 Å². The van der Waals surface area contributed by atoms with Crippen molar-refractivity contribution in [1.82, 2.24) is 10.3 Å². The van der Waals surface area contributed by atoms with Crippen LogP contribution >= 0.6 is 0 Å². The van der Waals surface area contributed by atoms with Crippen molar-refractivity contribution < 1.29 is 24.2 Å². The molecule has 1 aromatic heterocycles. The van der Waals surface area contributed by atoms with Crippen molar-refractivity contribution in [3.05, 3.63) is 60.3 Å². The second kappa shape index (κ2) is 7.03. The number of rotatable bonds is 5. The van der Waals surface area contributed by atoms with Gasteiger partial charge in [0.15, 0.2) is 11.5 Å². The average molecular weight is 366 g/mol. The summed E-state index contributed by atoms with van der Waals surface area (Å²) in [5, 5.41) is 13.0. The van der Waals surface area contributed by atoms with Crippen LogP contribution in [0.4, 0.5) is 0 Å². The smallest absolute Gasteiger partial charge is 0.326 e. The van der Waals surface area contributed by atoms with Gasteiger partial charge in [-0.15, -0.1) is 0 Å². The molecule has 2 heterocycles. The number of carboxylic acids is 1. The molecule has 0 spiro atoms. The number of hydrogen-bond acceptors (Lipinski definition) is 4. The van der Waals surface area contributed by atoms with E-state index in [0.29, 0.717) is 11.5 Å². The highest BCUT2D eigenvalue weighted by molar-refractivity contribution is 5.88. The predicted molar refractivity (Wildman–Crippen MR) is 97.9 cm³/mol. The highest BCUT2D eigenvalue weighted by Crippen LogP contribution is 2.31. The number of H-pyrrole nitrogens is 1. The lowest BCUT2D eigenvalue weighted by Crippen LogP contribution is -2.50. The van der Waals surface area contributed by atoms with E-state index in [0.717, 1.165) is 16.5 Å². The van der Waals surface area contributed by atoms with Gasteiger partial charge in [-0.3, -0.25) is 4.79 Å². The van der Waals surface area contributed by atoms with Crippen LogP contribution in [0.3, 0.4) is 0 Å². The first-order chi connectivity index (χ1) is 13.1. The number of aliphatic carboxylic acids is 1. The van der Waals surface area contributed by atoms with Crippen molar-refractivity contribution >= 4 is 22.8 Å². The average Bonchev–Trinajstić information content (AvgIpc) is 3.10. The molecule has 138 valence electrons. The van der Waals surface area contributed by atoms with E-state index >= 15 is 0 Å². The summed E-state index contributed by atoms with van der Waals surface area (Å²) >= 11 is 0. The molecule has 0 bridgehead atoms. The van der Waals surface area contributed by atoms with Gasteiger partial charge in [0, 0.05) is 23.5 Å². The normalized spacial score (nSPS) is 16.7. The molecule has 27 heavy (non-hydrogen) atoms. The molecular formula is C20H18N2O5. The van der Waals surface area contributed by atoms with Crippen LogP contribution in [0, 0.1) is 0 Å². The molecule has 0 saturated heterocycles. The lowest BCUT2D eigenvalue weighted by Gasteiger charge is -2.26. The molecule has 0 unspecified atom stereocenters. The van der Waals surface area contributed by atoms with Crippen molar-refractivity contribution in [1.29, 1.82) is 0 Å². The van der Waals surface area contributed by atoms with Gasteiger partial charge in [-0.2, -0.15) is 0 Å².